The van der Waals surface area contributed by atoms with E-state index in [1.165, 1.54) is 0 Å². The van der Waals surface area contributed by atoms with Crippen molar-refractivity contribution in [1.82, 2.24) is 0 Å². The smallest absolute Gasteiger partial charge is 0.0945 e. The summed E-state index contributed by atoms with van der Waals surface area (Å²) in [4.78, 5) is 0. The zero-order valence-electron chi connectivity index (χ0n) is 10.8. The summed E-state index contributed by atoms with van der Waals surface area (Å²) in [6, 6.07) is 8.13. The molecule has 0 amide bonds. The van der Waals surface area contributed by atoms with Crippen LogP contribution >= 0.6 is 0 Å². The van der Waals surface area contributed by atoms with Gasteiger partial charge < -0.3 is 14.6 Å². The minimum atomic E-state index is -0.699. The van der Waals surface area contributed by atoms with Gasteiger partial charge in [-0.1, -0.05) is 24.3 Å². The van der Waals surface area contributed by atoms with Crippen LogP contribution in [-0.2, 0) is 21.7 Å². The van der Waals surface area contributed by atoms with Crippen molar-refractivity contribution in [2.24, 2.45) is 0 Å². The summed E-state index contributed by atoms with van der Waals surface area (Å²) >= 11 is 0. The molecule has 1 N–H and O–H groups in total. The predicted octanol–water partition coefficient (Wildman–Crippen LogP) is 2.36. The van der Waals surface area contributed by atoms with Crippen LogP contribution in [0.25, 0.3) is 0 Å². The van der Waals surface area contributed by atoms with Gasteiger partial charge in [0.1, 0.15) is 0 Å². The topological polar surface area (TPSA) is 38.7 Å². The molecule has 2 atom stereocenters. The minimum Gasteiger partial charge on any atom is -0.385 e. The SMILES string of the molecule is COCc1ccc(C2(O)CC3CCC(C2)O3)cc1. The van der Waals surface area contributed by atoms with E-state index in [0.717, 1.165) is 36.8 Å². The summed E-state index contributed by atoms with van der Waals surface area (Å²) < 4.78 is 10.9. The predicted molar refractivity (Wildman–Crippen MR) is 68.2 cm³/mol. The monoisotopic (exact) mass is 248 g/mol. The lowest BCUT2D eigenvalue weighted by Gasteiger charge is -2.37. The quantitative estimate of drug-likeness (QED) is 0.892. The maximum atomic E-state index is 10.8. The Balaban J connectivity index is 1.80. The number of rotatable bonds is 3. The number of hydrogen-bond acceptors (Lipinski definition) is 3. The molecular weight excluding hydrogens is 228 g/mol. The molecule has 2 fully saturated rings. The molecule has 18 heavy (non-hydrogen) atoms. The normalized spacial score (nSPS) is 34.8. The van der Waals surface area contributed by atoms with Crippen molar-refractivity contribution in [3.63, 3.8) is 0 Å². The van der Waals surface area contributed by atoms with Crippen molar-refractivity contribution < 1.29 is 14.6 Å². The van der Waals surface area contributed by atoms with Crippen molar-refractivity contribution in [1.29, 1.82) is 0 Å². The Morgan fingerprint density at radius 1 is 1.22 bits per heavy atom. The molecule has 3 heteroatoms. The van der Waals surface area contributed by atoms with E-state index in [-0.39, 0.29) is 12.2 Å². The lowest BCUT2D eigenvalue weighted by atomic mass is 9.83. The van der Waals surface area contributed by atoms with E-state index < -0.39 is 5.60 Å². The Morgan fingerprint density at radius 2 is 1.83 bits per heavy atom. The number of hydrogen-bond donors (Lipinski definition) is 1. The summed E-state index contributed by atoms with van der Waals surface area (Å²) in [5.74, 6) is 0. The fourth-order valence-electron chi connectivity index (χ4n) is 3.23. The van der Waals surface area contributed by atoms with E-state index in [4.69, 9.17) is 9.47 Å². The largest absolute Gasteiger partial charge is 0.385 e. The van der Waals surface area contributed by atoms with Crippen LogP contribution in [0.4, 0.5) is 0 Å². The van der Waals surface area contributed by atoms with Gasteiger partial charge in [0.05, 0.1) is 24.4 Å². The molecule has 2 saturated heterocycles. The van der Waals surface area contributed by atoms with Crippen molar-refractivity contribution >= 4 is 0 Å². The number of fused-ring (bicyclic) bond motifs is 2. The molecule has 98 valence electrons. The van der Waals surface area contributed by atoms with Crippen LogP contribution < -0.4 is 0 Å². The van der Waals surface area contributed by atoms with E-state index in [2.05, 4.69) is 0 Å². The van der Waals surface area contributed by atoms with Gasteiger partial charge in [0.2, 0.25) is 0 Å². The van der Waals surface area contributed by atoms with E-state index in [0.29, 0.717) is 6.61 Å². The Kier molecular flexibility index (Phi) is 3.14. The third-order valence-electron chi connectivity index (χ3n) is 4.13. The Bertz CT molecular complexity index is 400. The van der Waals surface area contributed by atoms with Crippen LogP contribution in [0, 0.1) is 0 Å². The van der Waals surface area contributed by atoms with Crippen LogP contribution in [0.1, 0.15) is 36.8 Å². The molecule has 2 heterocycles. The molecule has 0 radical (unpaired) electrons. The number of benzene rings is 1. The van der Waals surface area contributed by atoms with Crippen LogP contribution in [0.5, 0.6) is 0 Å². The molecule has 0 spiro atoms. The first-order valence-corrected chi connectivity index (χ1v) is 6.66. The van der Waals surface area contributed by atoms with Gasteiger partial charge in [0.15, 0.2) is 0 Å². The highest BCUT2D eigenvalue weighted by atomic mass is 16.5. The highest BCUT2D eigenvalue weighted by Crippen LogP contribution is 2.43. The highest BCUT2D eigenvalue weighted by molar-refractivity contribution is 5.28. The Labute approximate surface area is 108 Å². The van der Waals surface area contributed by atoms with Crippen molar-refractivity contribution in [2.45, 2.75) is 50.1 Å². The van der Waals surface area contributed by atoms with Crippen molar-refractivity contribution in [3.05, 3.63) is 35.4 Å². The summed E-state index contributed by atoms with van der Waals surface area (Å²) in [6.45, 7) is 0.618. The maximum Gasteiger partial charge on any atom is 0.0945 e. The standard InChI is InChI=1S/C15H20O3/c1-17-10-11-2-4-12(5-3-11)15(16)8-13-6-7-14(9-15)18-13/h2-5,13-14,16H,6-10H2,1H3. The first kappa shape index (κ1) is 12.2. The molecule has 2 unspecified atom stereocenters. The fourth-order valence-corrected chi connectivity index (χ4v) is 3.23. The average Bonchev–Trinajstić information content (AvgIpc) is 2.70. The van der Waals surface area contributed by atoms with Gasteiger partial charge in [-0.15, -0.1) is 0 Å². The first-order valence-electron chi connectivity index (χ1n) is 6.66. The molecule has 1 aromatic rings. The molecule has 0 aliphatic carbocycles. The third-order valence-corrected chi connectivity index (χ3v) is 4.13. The second-order valence-electron chi connectivity index (χ2n) is 5.53. The van der Waals surface area contributed by atoms with Gasteiger partial charge in [0.25, 0.3) is 0 Å². The summed E-state index contributed by atoms with van der Waals surface area (Å²) in [5.41, 5.74) is 1.46. The summed E-state index contributed by atoms with van der Waals surface area (Å²) in [7, 11) is 1.69. The van der Waals surface area contributed by atoms with Gasteiger partial charge in [-0.05, 0) is 24.0 Å². The molecule has 2 aliphatic heterocycles. The molecule has 3 rings (SSSR count). The van der Waals surface area contributed by atoms with Gasteiger partial charge >= 0.3 is 0 Å². The second-order valence-corrected chi connectivity index (χ2v) is 5.53. The summed E-state index contributed by atoms with van der Waals surface area (Å²) in [5, 5.41) is 10.8. The Hall–Kier alpha value is -0.900. The van der Waals surface area contributed by atoms with Gasteiger partial charge in [0, 0.05) is 20.0 Å². The van der Waals surface area contributed by atoms with E-state index in [1.807, 2.05) is 24.3 Å². The van der Waals surface area contributed by atoms with Crippen LogP contribution in [0.15, 0.2) is 24.3 Å². The molecule has 2 aliphatic rings. The average molecular weight is 248 g/mol. The molecule has 3 nitrogen and oxygen atoms in total. The number of methoxy groups -OCH3 is 1. The van der Waals surface area contributed by atoms with Crippen molar-refractivity contribution in [2.75, 3.05) is 7.11 Å². The highest BCUT2D eigenvalue weighted by Gasteiger charge is 2.44. The molecular formula is C15H20O3. The zero-order chi connectivity index (χ0) is 12.6. The minimum absolute atomic E-state index is 0.243. The third kappa shape index (κ3) is 2.18. The molecule has 2 bridgehead atoms. The summed E-state index contributed by atoms with van der Waals surface area (Å²) in [6.07, 6.45) is 4.13. The molecule has 0 aromatic heterocycles. The first-order chi connectivity index (χ1) is 8.69. The lowest BCUT2D eigenvalue weighted by Crippen LogP contribution is -2.38. The Morgan fingerprint density at radius 3 is 2.39 bits per heavy atom. The van der Waals surface area contributed by atoms with E-state index in [9.17, 15) is 5.11 Å². The molecule has 1 aromatic carbocycles. The number of ether oxygens (including phenoxy) is 2. The fraction of sp³-hybridized carbons (Fsp3) is 0.600. The van der Waals surface area contributed by atoms with Crippen LogP contribution in [0.2, 0.25) is 0 Å². The van der Waals surface area contributed by atoms with Gasteiger partial charge in [-0.3, -0.25) is 0 Å². The van der Waals surface area contributed by atoms with Crippen LogP contribution in [0.3, 0.4) is 0 Å². The lowest BCUT2D eigenvalue weighted by molar-refractivity contribution is -0.115. The number of aliphatic hydroxyl groups is 1. The van der Waals surface area contributed by atoms with Crippen molar-refractivity contribution in [3.8, 4) is 0 Å². The van der Waals surface area contributed by atoms with Crippen LogP contribution in [-0.4, -0.2) is 24.4 Å². The van der Waals surface area contributed by atoms with E-state index >= 15 is 0 Å². The van der Waals surface area contributed by atoms with Gasteiger partial charge in [-0.25, -0.2) is 0 Å². The van der Waals surface area contributed by atoms with Gasteiger partial charge in [-0.2, -0.15) is 0 Å². The zero-order valence-corrected chi connectivity index (χ0v) is 10.8. The molecule has 0 saturated carbocycles. The maximum absolute atomic E-state index is 10.8. The van der Waals surface area contributed by atoms with E-state index in [1.54, 1.807) is 7.11 Å². The second kappa shape index (κ2) is 4.65.